The SMILES string of the molecule is C.CC(=O)O.COC(=O)c1ccc2c(c1)NC(=O)c1ccccc1S2.COC(=O)c1ccc2c(c1)NC(=O)c1ccccc1S2(=O)=O.O.O=C(O)c1ccc2c(c1)NC(=O)c1ccccc1S2.O=C(O)c1ccc2c(c1)NC(=O)c1ccccc1S2(=O)=O.[Li+].[OH-]. The third-order valence-electron chi connectivity index (χ3n) is 12.4. The summed E-state index contributed by atoms with van der Waals surface area (Å²) in [7, 11) is -5.19. The maximum absolute atomic E-state index is 12.7. The van der Waals surface area contributed by atoms with Crippen LogP contribution in [0, 0.1) is 0 Å². The summed E-state index contributed by atoms with van der Waals surface area (Å²) in [6, 6.07) is 43.9. The molecule has 4 amide bonds. The van der Waals surface area contributed by atoms with Crippen molar-refractivity contribution in [2.75, 3.05) is 35.5 Å². The van der Waals surface area contributed by atoms with Crippen LogP contribution in [0.3, 0.4) is 0 Å². The Balaban J connectivity index is 0.000000248. The van der Waals surface area contributed by atoms with Gasteiger partial charge in [-0.2, -0.15) is 0 Å². The normalized spacial score (nSPS) is 13.1. The second-order valence-corrected chi connectivity index (χ2v) is 23.9. The van der Waals surface area contributed by atoms with E-state index in [0.717, 1.165) is 32.6 Å². The Morgan fingerprint density at radius 1 is 0.400 bits per heavy atom. The van der Waals surface area contributed by atoms with E-state index in [1.54, 1.807) is 54.6 Å². The number of methoxy groups -OCH3 is 2. The van der Waals surface area contributed by atoms with Gasteiger partial charge in [0.05, 0.1) is 101 Å². The minimum Gasteiger partial charge on any atom is -0.870 e. The summed E-state index contributed by atoms with van der Waals surface area (Å²) in [4.78, 5) is 106. The molecule has 4 aliphatic rings. The quantitative estimate of drug-likeness (QED) is 0.0713. The first-order valence-electron chi connectivity index (χ1n) is 24.8. The number of carbonyl (C=O) groups is 9. The average Bonchev–Trinajstić information content (AvgIpc) is 2.10. The molecular weight excluding hydrogens is 1240 g/mol. The summed E-state index contributed by atoms with van der Waals surface area (Å²) >= 11 is 2.95. The molecule has 12 rings (SSSR count). The number of anilines is 4. The van der Waals surface area contributed by atoms with E-state index in [-0.39, 0.29) is 108 Å². The minimum absolute atomic E-state index is 0. The molecule has 0 aromatic heterocycles. The number of esters is 2. The number of aliphatic carboxylic acids is 1. The van der Waals surface area contributed by atoms with Gasteiger partial charge < -0.3 is 57.0 Å². The van der Waals surface area contributed by atoms with E-state index < -0.39 is 61.3 Å². The number of carbonyl (C=O) groups excluding carboxylic acids is 6. The van der Waals surface area contributed by atoms with E-state index in [1.807, 2.05) is 36.4 Å². The van der Waals surface area contributed by atoms with Gasteiger partial charge >= 0.3 is 42.7 Å². The molecule has 0 bridgehead atoms. The van der Waals surface area contributed by atoms with Crippen LogP contribution in [0.1, 0.15) is 97.2 Å². The Morgan fingerprint density at radius 3 is 1.06 bits per heavy atom. The van der Waals surface area contributed by atoms with E-state index in [9.17, 15) is 55.2 Å². The van der Waals surface area contributed by atoms with E-state index in [0.29, 0.717) is 28.1 Å². The summed E-state index contributed by atoms with van der Waals surface area (Å²) in [6.07, 6.45) is 0. The molecule has 0 fully saturated rings. The molecule has 0 spiro atoms. The Morgan fingerprint density at radius 2 is 0.678 bits per heavy atom. The second-order valence-electron chi connectivity index (χ2n) is 18.0. The first-order chi connectivity index (χ1) is 40.9. The van der Waals surface area contributed by atoms with Crippen molar-refractivity contribution in [3.05, 3.63) is 214 Å². The maximum Gasteiger partial charge on any atom is 1.00 e. The predicted molar refractivity (Wildman–Crippen MR) is 325 cm³/mol. The topological polar surface area (TPSA) is 411 Å². The first kappa shape index (κ1) is 72.6. The van der Waals surface area contributed by atoms with Gasteiger partial charge in [0.2, 0.25) is 19.7 Å². The molecule has 10 N–H and O–H groups in total. The van der Waals surface area contributed by atoms with Gasteiger partial charge in [-0.15, -0.1) is 0 Å². The first-order valence-corrected chi connectivity index (χ1v) is 29.4. The number of hydrogen-bond donors (Lipinski definition) is 7. The largest absolute Gasteiger partial charge is 1.00 e. The van der Waals surface area contributed by atoms with Gasteiger partial charge in [-0.05, 0) is 121 Å². The van der Waals surface area contributed by atoms with Crippen LogP contribution < -0.4 is 40.1 Å². The smallest absolute Gasteiger partial charge is 0.870 e. The number of hydrogen-bond acceptors (Lipinski definition) is 18. The van der Waals surface area contributed by atoms with Gasteiger partial charge in [0.1, 0.15) is 0 Å². The van der Waals surface area contributed by atoms with Crippen LogP contribution >= 0.6 is 23.5 Å². The van der Waals surface area contributed by atoms with Gasteiger partial charge in [-0.25, -0.2) is 36.0 Å². The molecule has 24 nitrogen and oxygen atoms in total. The van der Waals surface area contributed by atoms with Gasteiger partial charge in [0, 0.05) is 26.5 Å². The molecule has 0 radical (unpaired) electrons. The van der Waals surface area contributed by atoms with Crippen molar-refractivity contribution in [3.63, 3.8) is 0 Å². The van der Waals surface area contributed by atoms with Crippen LogP contribution in [0.25, 0.3) is 0 Å². The van der Waals surface area contributed by atoms with E-state index in [4.69, 9.17) is 20.1 Å². The standard InChI is InChI=1S/C15H11NO5S.C15H11NO3S.C14H9NO5S.C14H9NO3S.C2H4O2.CH4.Li.2H2O/c1-21-15(18)9-6-7-13-11(8-9)16-14(17)10-4-2-3-5-12(10)22(13,19)20;1-19-15(18)9-6-7-13-11(8-9)16-14(17)10-4-2-3-5-12(10)20-13;16-13-9-3-1-2-4-11(9)21(19,20)12-6-5-8(14(17)18)7-10(12)15-13;16-13-9-3-1-2-4-11(9)19-12-6-5-8(14(17)18)7-10(12)15-13;1-2(3)4;;;;/h2-8H,1H3,(H,16,17);2-8H,1H3,(H,16,17);1-7H,(H,15,16)(H,17,18);1-7H,(H,15,16)(H,17,18);1H3,(H,3,4);1H4;;2*1H2/q;;;;;;+1;;/p-1. The average molecular weight is 1300 g/mol. The zero-order chi connectivity index (χ0) is 62.2. The zero-order valence-electron chi connectivity index (χ0n) is 46.7. The van der Waals surface area contributed by atoms with Gasteiger partial charge in [0.15, 0.2) is 0 Å². The van der Waals surface area contributed by atoms with Crippen molar-refractivity contribution < 1.29 is 115 Å². The Labute approximate surface area is 534 Å². The van der Waals surface area contributed by atoms with E-state index in [2.05, 4.69) is 30.7 Å². The summed E-state index contributed by atoms with van der Waals surface area (Å²) in [5, 5.41) is 35.9. The number of fused-ring (bicyclic) bond motifs is 8. The van der Waals surface area contributed by atoms with Crippen molar-refractivity contribution in [2.45, 2.75) is 53.5 Å². The molecule has 0 saturated carbocycles. The van der Waals surface area contributed by atoms with Crippen molar-refractivity contribution in [1.82, 2.24) is 0 Å². The predicted octanol–water partition coefficient (Wildman–Crippen LogP) is 6.68. The van der Waals surface area contributed by atoms with Crippen LogP contribution in [0.2, 0.25) is 0 Å². The third kappa shape index (κ3) is 16.0. The molecule has 29 heteroatoms. The summed E-state index contributed by atoms with van der Waals surface area (Å²) in [5.41, 5.74) is 3.14. The van der Waals surface area contributed by atoms with Crippen LogP contribution in [0.4, 0.5) is 22.7 Å². The molecule has 90 heavy (non-hydrogen) atoms. The molecule has 0 unspecified atom stereocenters. The number of amides is 4. The molecule has 8 aromatic rings. The number of benzene rings is 8. The molecule has 0 aliphatic carbocycles. The van der Waals surface area contributed by atoms with Gasteiger partial charge in [0.25, 0.3) is 29.6 Å². The third-order valence-corrected chi connectivity index (χ3v) is 18.4. The number of rotatable bonds is 4. The van der Waals surface area contributed by atoms with Crippen molar-refractivity contribution in [3.8, 4) is 0 Å². The number of ether oxygens (including phenoxy) is 2. The van der Waals surface area contributed by atoms with Gasteiger partial charge in [-0.1, -0.05) is 79.5 Å². The summed E-state index contributed by atoms with van der Waals surface area (Å²) in [5.74, 6) is -5.60. The Bertz CT molecular complexity index is 4410. The van der Waals surface area contributed by atoms with Crippen molar-refractivity contribution in [1.29, 1.82) is 0 Å². The zero-order valence-corrected chi connectivity index (χ0v) is 50.0. The van der Waals surface area contributed by atoms with E-state index in [1.165, 1.54) is 111 Å². The molecule has 0 atom stereocenters. The number of aromatic carboxylic acids is 2. The number of carboxylic acids is 3. The Hall–Kier alpha value is -9.89. The van der Waals surface area contributed by atoms with Gasteiger partial charge in [-0.3, -0.25) is 24.0 Å². The van der Waals surface area contributed by atoms with Crippen LogP contribution in [0.15, 0.2) is 209 Å². The number of carboxylic acid groups (broad SMARTS) is 3. The number of nitrogens with one attached hydrogen (secondary N) is 4. The van der Waals surface area contributed by atoms with Crippen LogP contribution in [0.5, 0.6) is 0 Å². The fourth-order valence-electron chi connectivity index (χ4n) is 8.41. The molecule has 4 heterocycles. The monoisotopic (exact) mass is 1290 g/mol. The summed E-state index contributed by atoms with van der Waals surface area (Å²) in [6.45, 7) is 1.08. The Kier molecular flexibility index (Phi) is 24.9. The summed E-state index contributed by atoms with van der Waals surface area (Å²) < 4.78 is 59.9. The molecule has 460 valence electrons. The molecule has 8 aromatic carbocycles. The fraction of sp³-hybridized carbons (Fsp3) is 0.0656. The fourth-order valence-corrected chi connectivity index (χ4v) is 13.6. The molecule has 4 aliphatic heterocycles. The van der Waals surface area contributed by atoms with Crippen LogP contribution in [-0.4, -0.2) is 111 Å². The second kappa shape index (κ2) is 30.8. The molecular formula is C61H51LiN4O20S4. The molecule has 0 saturated heterocycles. The van der Waals surface area contributed by atoms with E-state index >= 15 is 0 Å². The van der Waals surface area contributed by atoms with Crippen molar-refractivity contribution in [2.24, 2.45) is 0 Å². The van der Waals surface area contributed by atoms with Crippen LogP contribution in [-0.2, 0) is 33.9 Å². The van der Waals surface area contributed by atoms with Crippen molar-refractivity contribution >= 4 is 119 Å². The number of sulfone groups is 2. The maximum atomic E-state index is 12.7. The minimum atomic E-state index is -3.89.